The first-order valence-electron chi connectivity index (χ1n) is 9.19. The van der Waals surface area contributed by atoms with Crippen molar-refractivity contribution >= 4 is 0 Å². The predicted molar refractivity (Wildman–Crippen MR) is 106 cm³/mol. The maximum absolute atomic E-state index is 10.6. The average molecular weight is 357 g/mol. The van der Waals surface area contributed by atoms with E-state index in [-0.39, 0.29) is 0 Å². The van der Waals surface area contributed by atoms with Gasteiger partial charge in [0.25, 0.3) is 0 Å². The normalized spacial score (nSPS) is 12.4. The van der Waals surface area contributed by atoms with Gasteiger partial charge in [0.05, 0.1) is 20.3 Å². The Labute approximate surface area is 157 Å². The first-order chi connectivity index (χ1) is 12.5. The maximum atomic E-state index is 10.6. The molecule has 0 saturated carbocycles. The predicted octanol–water partition coefficient (Wildman–Crippen LogP) is 4.29. The van der Waals surface area contributed by atoms with Crippen LogP contribution in [-0.4, -0.2) is 37.3 Å². The van der Waals surface area contributed by atoms with E-state index in [0.717, 1.165) is 42.1 Å². The Morgan fingerprint density at radius 2 is 1.58 bits per heavy atom. The topological polar surface area (TPSA) is 41.9 Å². The van der Waals surface area contributed by atoms with Crippen molar-refractivity contribution in [1.82, 2.24) is 4.90 Å². The van der Waals surface area contributed by atoms with Crippen LogP contribution in [0.3, 0.4) is 0 Å². The number of methoxy groups -OCH3 is 2. The molecule has 0 spiro atoms. The molecule has 2 aromatic rings. The highest BCUT2D eigenvalue weighted by molar-refractivity contribution is 5.38. The van der Waals surface area contributed by atoms with Crippen molar-refractivity contribution in [3.05, 3.63) is 59.7 Å². The second-order valence-electron chi connectivity index (χ2n) is 7.07. The number of ether oxygens (including phenoxy) is 2. The summed E-state index contributed by atoms with van der Waals surface area (Å²) in [7, 11) is 3.32. The van der Waals surface area contributed by atoms with E-state index < -0.39 is 6.10 Å². The van der Waals surface area contributed by atoms with E-state index in [1.165, 1.54) is 0 Å². The molecule has 26 heavy (non-hydrogen) atoms. The minimum Gasteiger partial charge on any atom is -0.497 e. The highest BCUT2D eigenvalue weighted by Gasteiger charge is 2.15. The average Bonchev–Trinajstić information content (AvgIpc) is 2.66. The molecule has 0 heterocycles. The van der Waals surface area contributed by atoms with E-state index in [9.17, 15) is 5.11 Å². The van der Waals surface area contributed by atoms with Crippen LogP contribution >= 0.6 is 0 Å². The molecule has 142 valence electrons. The summed E-state index contributed by atoms with van der Waals surface area (Å²) in [6.45, 7) is 6.71. The lowest BCUT2D eigenvalue weighted by Crippen LogP contribution is -2.30. The molecule has 4 nitrogen and oxygen atoms in total. The number of aliphatic hydroxyl groups excluding tert-OH is 1. The van der Waals surface area contributed by atoms with Crippen molar-refractivity contribution in [2.45, 2.75) is 32.9 Å². The summed E-state index contributed by atoms with van der Waals surface area (Å²) in [6.07, 6.45) is 0.582. The number of rotatable bonds is 10. The van der Waals surface area contributed by atoms with Gasteiger partial charge >= 0.3 is 0 Å². The van der Waals surface area contributed by atoms with Crippen molar-refractivity contribution in [1.29, 1.82) is 0 Å². The van der Waals surface area contributed by atoms with E-state index >= 15 is 0 Å². The van der Waals surface area contributed by atoms with Crippen LogP contribution < -0.4 is 9.47 Å². The van der Waals surface area contributed by atoms with Gasteiger partial charge in [-0.05, 0) is 42.1 Å². The summed E-state index contributed by atoms with van der Waals surface area (Å²) in [4.78, 5) is 2.30. The summed E-state index contributed by atoms with van der Waals surface area (Å²) >= 11 is 0. The summed E-state index contributed by atoms with van der Waals surface area (Å²) in [5.74, 6) is 2.18. The van der Waals surface area contributed by atoms with Crippen LogP contribution in [0.25, 0.3) is 0 Å². The van der Waals surface area contributed by atoms with Crippen molar-refractivity contribution in [2.24, 2.45) is 5.92 Å². The second-order valence-corrected chi connectivity index (χ2v) is 7.07. The van der Waals surface area contributed by atoms with E-state index in [0.29, 0.717) is 12.5 Å². The fraction of sp³-hybridized carbons (Fsp3) is 0.455. The molecule has 0 aliphatic carbocycles. The summed E-state index contributed by atoms with van der Waals surface area (Å²) in [5, 5.41) is 10.6. The fourth-order valence-electron chi connectivity index (χ4n) is 2.92. The van der Waals surface area contributed by atoms with Crippen LogP contribution in [0, 0.1) is 5.92 Å². The van der Waals surface area contributed by atoms with E-state index in [1.54, 1.807) is 14.2 Å². The first-order valence-corrected chi connectivity index (χ1v) is 9.19. The third-order valence-electron chi connectivity index (χ3n) is 4.46. The van der Waals surface area contributed by atoms with Gasteiger partial charge in [0.15, 0.2) is 0 Å². The smallest absolute Gasteiger partial charge is 0.122 e. The number of aliphatic hydroxyl groups is 1. The van der Waals surface area contributed by atoms with Crippen molar-refractivity contribution in [3.63, 3.8) is 0 Å². The maximum Gasteiger partial charge on any atom is 0.122 e. The Balaban J connectivity index is 2.13. The molecule has 2 aromatic carbocycles. The van der Waals surface area contributed by atoms with Crippen LogP contribution in [0.4, 0.5) is 0 Å². The highest BCUT2D eigenvalue weighted by atomic mass is 16.5. The van der Waals surface area contributed by atoms with Gasteiger partial charge in [-0.15, -0.1) is 0 Å². The van der Waals surface area contributed by atoms with E-state index in [4.69, 9.17) is 9.47 Å². The minimum absolute atomic E-state index is 0.504. The van der Waals surface area contributed by atoms with Crippen molar-refractivity contribution < 1.29 is 14.6 Å². The third kappa shape index (κ3) is 6.36. The number of benzene rings is 2. The van der Waals surface area contributed by atoms with Crippen LogP contribution in [0.15, 0.2) is 48.5 Å². The molecule has 0 bridgehead atoms. The minimum atomic E-state index is -0.504. The second kappa shape index (κ2) is 10.2. The Bertz CT molecular complexity index is 635. The molecule has 1 atom stereocenters. The number of hydrogen-bond acceptors (Lipinski definition) is 4. The summed E-state index contributed by atoms with van der Waals surface area (Å²) in [5.41, 5.74) is 2.07. The van der Waals surface area contributed by atoms with E-state index in [2.05, 4.69) is 18.7 Å². The molecule has 2 rings (SSSR count). The lowest BCUT2D eigenvalue weighted by atomic mass is 10.1. The van der Waals surface area contributed by atoms with Crippen LogP contribution in [0.1, 0.15) is 37.5 Å². The third-order valence-corrected chi connectivity index (χ3v) is 4.46. The molecule has 1 N–H and O–H groups in total. The molecule has 0 unspecified atom stereocenters. The lowest BCUT2D eigenvalue weighted by Gasteiger charge is -2.26. The zero-order chi connectivity index (χ0) is 18.9. The molecule has 0 aliphatic heterocycles. The molecule has 0 aromatic heterocycles. The van der Waals surface area contributed by atoms with E-state index in [1.807, 2.05) is 48.5 Å². The highest BCUT2D eigenvalue weighted by Crippen LogP contribution is 2.24. The van der Waals surface area contributed by atoms with Crippen molar-refractivity contribution in [3.8, 4) is 11.5 Å². The monoisotopic (exact) mass is 357 g/mol. The Morgan fingerprint density at radius 3 is 2.12 bits per heavy atom. The molecule has 0 radical (unpaired) electrons. The summed E-state index contributed by atoms with van der Waals surface area (Å²) < 4.78 is 10.8. The van der Waals surface area contributed by atoms with Gasteiger partial charge in [-0.2, -0.15) is 0 Å². The lowest BCUT2D eigenvalue weighted by molar-refractivity contribution is 0.106. The Hall–Kier alpha value is -2.04. The quantitative estimate of drug-likeness (QED) is 0.689. The van der Waals surface area contributed by atoms with Gasteiger partial charge in [-0.3, -0.25) is 4.90 Å². The SMILES string of the molecule is COc1cc(CN(CCC(C)C)C[C@H](O)c2ccccc2)cc(OC)c1. The first kappa shape index (κ1) is 20.3. The van der Waals surface area contributed by atoms with Crippen LogP contribution in [-0.2, 0) is 6.54 Å². The number of hydrogen-bond donors (Lipinski definition) is 1. The van der Waals surface area contributed by atoms with Gasteiger partial charge in [0.1, 0.15) is 11.5 Å². The zero-order valence-electron chi connectivity index (χ0n) is 16.3. The zero-order valence-corrected chi connectivity index (χ0v) is 16.3. The molecular weight excluding hydrogens is 326 g/mol. The Kier molecular flexibility index (Phi) is 7.95. The van der Waals surface area contributed by atoms with Gasteiger partial charge < -0.3 is 14.6 Å². The Morgan fingerprint density at radius 1 is 0.962 bits per heavy atom. The van der Waals surface area contributed by atoms with Gasteiger partial charge in [-0.25, -0.2) is 0 Å². The van der Waals surface area contributed by atoms with Crippen molar-refractivity contribution in [2.75, 3.05) is 27.3 Å². The molecule has 0 saturated heterocycles. The van der Waals surface area contributed by atoms with Crippen LogP contribution in [0.2, 0.25) is 0 Å². The largest absolute Gasteiger partial charge is 0.497 e. The standard InChI is InChI=1S/C22H31NO3/c1-17(2)10-11-23(16-22(24)19-8-6-5-7-9-19)15-18-12-20(25-3)14-21(13-18)26-4/h5-9,12-14,17,22,24H,10-11,15-16H2,1-4H3/t22-/m0/s1. The molecule has 4 heteroatoms. The molecular formula is C22H31NO3. The molecule has 0 fully saturated rings. The fourth-order valence-corrected chi connectivity index (χ4v) is 2.92. The van der Waals surface area contributed by atoms with Gasteiger partial charge in [0.2, 0.25) is 0 Å². The molecule has 0 amide bonds. The van der Waals surface area contributed by atoms with Crippen LogP contribution in [0.5, 0.6) is 11.5 Å². The van der Waals surface area contributed by atoms with Gasteiger partial charge in [0, 0.05) is 19.2 Å². The molecule has 0 aliphatic rings. The van der Waals surface area contributed by atoms with Gasteiger partial charge in [-0.1, -0.05) is 44.2 Å². The number of nitrogens with zero attached hydrogens (tertiary/aromatic N) is 1. The summed E-state index contributed by atoms with van der Waals surface area (Å²) in [6, 6.07) is 15.8.